The molecular formula is C10H18O3. The van der Waals surface area contributed by atoms with Gasteiger partial charge in [0.25, 0.3) is 0 Å². The highest BCUT2D eigenvalue weighted by Crippen LogP contribution is 2.15. The van der Waals surface area contributed by atoms with Crippen LogP contribution in [0.15, 0.2) is 12.7 Å². The average Bonchev–Trinajstić information content (AvgIpc) is 2.10. The summed E-state index contributed by atoms with van der Waals surface area (Å²) in [6, 6.07) is 0. The summed E-state index contributed by atoms with van der Waals surface area (Å²) in [5, 5.41) is 9.63. The molecule has 3 heteroatoms. The summed E-state index contributed by atoms with van der Waals surface area (Å²) >= 11 is 0. The van der Waals surface area contributed by atoms with Gasteiger partial charge in [-0.15, -0.1) is 0 Å². The number of hydrogen-bond donors (Lipinski definition) is 1. The Morgan fingerprint density at radius 1 is 1.69 bits per heavy atom. The third-order valence-electron chi connectivity index (χ3n) is 1.79. The Bertz CT molecular complexity index is 173. The molecule has 0 aromatic heterocycles. The molecule has 0 aromatic rings. The fourth-order valence-electron chi connectivity index (χ4n) is 0.913. The number of hydrogen-bond acceptors (Lipinski definition) is 3. The zero-order chi connectivity index (χ0) is 10.3. The van der Waals surface area contributed by atoms with Crippen LogP contribution in [0.1, 0.15) is 33.1 Å². The van der Waals surface area contributed by atoms with E-state index in [0.29, 0.717) is 6.42 Å². The van der Waals surface area contributed by atoms with Crippen molar-refractivity contribution in [2.45, 2.75) is 38.7 Å². The molecule has 0 amide bonds. The van der Waals surface area contributed by atoms with Gasteiger partial charge in [-0.25, -0.2) is 4.79 Å². The third-order valence-corrected chi connectivity index (χ3v) is 1.79. The first-order valence-electron chi connectivity index (χ1n) is 4.55. The van der Waals surface area contributed by atoms with Crippen LogP contribution in [0, 0.1) is 0 Å². The number of aliphatic hydroxyl groups is 1. The molecule has 76 valence electrons. The molecule has 0 aliphatic rings. The zero-order valence-corrected chi connectivity index (χ0v) is 8.38. The molecule has 0 spiro atoms. The Balaban J connectivity index is 3.94. The predicted molar refractivity (Wildman–Crippen MR) is 51.3 cm³/mol. The second-order valence-corrected chi connectivity index (χ2v) is 3.26. The van der Waals surface area contributed by atoms with E-state index in [4.69, 9.17) is 4.74 Å². The van der Waals surface area contributed by atoms with Crippen molar-refractivity contribution in [3.05, 3.63) is 12.7 Å². The van der Waals surface area contributed by atoms with Crippen molar-refractivity contribution in [1.82, 2.24) is 0 Å². The van der Waals surface area contributed by atoms with Crippen LogP contribution < -0.4 is 0 Å². The van der Waals surface area contributed by atoms with E-state index in [0.717, 1.165) is 12.8 Å². The van der Waals surface area contributed by atoms with Crippen LogP contribution in [0.5, 0.6) is 0 Å². The smallest absolute Gasteiger partial charge is 0.338 e. The van der Waals surface area contributed by atoms with Crippen LogP contribution in [-0.2, 0) is 9.53 Å². The molecule has 0 heterocycles. The summed E-state index contributed by atoms with van der Waals surface area (Å²) in [5.74, 6) is -0.569. The normalized spacial score (nSPS) is 14.7. The zero-order valence-electron chi connectivity index (χ0n) is 8.38. The fourth-order valence-corrected chi connectivity index (χ4v) is 0.913. The number of carbonyl (C=O) groups excluding carboxylic acids is 1. The number of rotatable bonds is 6. The Labute approximate surface area is 79.4 Å². The monoisotopic (exact) mass is 186 g/mol. The molecule has 0 fully saturated rings. The molecule has 0 aliphatic carbocycles. The lowest BCUT2D eigenvalue weighted by Gasteiger charge is -2.20. The van der Waals surface area contributed by atoms with Gasteiger partial charge in [-0.1, -0.05) is 32.4 Å². The maximum atomic E-state index is 11.2. The largest absolute Gasteiger partial charge is 0.459 e. The average molecular weight is 186 g/mol. The molecular weight excluding hydrogens is 168 g/mol. The van der Waals surface area contributed by atoms with Gasteiger partial charge in [0.1, 0.15) is 6.61 Å². The van der Waals surface area contributed by atoms with Crippen molar-refractivity contribution in [1.29, 1.82) is 0 Å². The molecule has 1 unspecified atom stereocenters. The van der Waals surface area contributed by atoms with Gasteiger partial charge in [0, 0.05) is 0 Å². The van der Waals surface area contributed by atoms with Gasteiger partial charge >= 0.3 is 5.97 Å². The highest BCUT2D eigenvalue weighted by molar-refractivity contribution is 5.78. The fraction of sp³-hybridized carbons (Fsp3) is 0.700. The minimum Gasteiger partial charge on any atom is -0.459 e. The van der Waals surface area contributed by atoms with E-state index in [2.05, 4.69) is 6.58 Å². The van der Waals surface area contributed by atoms with E-state index < -0.39 is 11.6 Å². The van der Waals surface area contributed by atoms with E-state index in [-0.39, 0.29) is 6.61 Å². The first-order chi connectivity index (χ1) is 6.04. The Morgan fingerprint density at radius 2 is 2.31 bits per heavy atom. The van der Waals surface area contributed by atoms with Gasteiger partial charge in [-0.2, -0.15) is 0 Å². The standard InChI is InChI=1S/C10H18O3/c1-4-6-7-10(3,12)9(11)13-8-5-2/h5,12H,2,4,6-8H2,1,3H3. The first-order valence-corrected chi connectivity index (χ1v) is 4.55. The lowest BCUT2D eigenvalue weighted by molar-refractivity contribution is -0.163. The van der Waals surface area contributed by atoms with Gasteiger partial charge < -0.3 is 9.84 Å². The van der Waals surface area contributed by atoms with Crippen molar-refractivity contribution in [2.24, 2.45) is 0 Å². The molecule has 13 heavy (non-hydrogen) atoms. The van der Waals surface area contributed by atoms with Crippen molar-refractivity contribution < 1.29 is 14.6 Å². The van der Waals surface area contributed by atoms with E-state index in [1.165, 1.54) is 13.0 Å². The number of esters is 1. The maximum absolute atomic E-state index is 11.2. The second-order valence-electron chi connectivity index (χ2n) is 3.26. The minimum absolute atomic E-state index is 0.154. The summed E-state index contributed by atoms with van der Waals surface area (Å²) in [6.45, 7) is 7.06. The van der Waals surface area contributed by atoms with Crippen LogP contribution in [0.3, 0.4) is 0 Å². The maximum Gasteiger partial charge on any atom is 0.338 e. The van der Waals surface area contributed by atoms with Crippen molar-refractivity contribution in [2.75, 3.05) is 6.61 Å². The van der Waals surface area contributed by atoms with Crippen molar-refractivity contribution in [3.8, 4) is 0 Å². The first kappa shape index (κ1) is 12.2. The van der Waals surface area contributed by atoms with Gasteiger partial charge in [0.2, 0.25) is 0 Å². The van der Waals surface area contributed by atoms with Crippen LogP contribution in [0.25, 0.3) is 0 Å². The minimum atomic E-state index is -1.35. The lowest BCUT2D eigenvalue weighted by Crippen LogP contribution is -2.36. The number of ether oxygens (including phenoxy) is 1. The Hall–Kier alpha value is -0.830. The molecule has 3 nitrogen and oxygen atoms in total. The Kier molecular flexibility index (Phi) is 5.39. The van der Waals surface area contributed by atoms with Crippen LogP contribution >= 0.6 is 0 Å². The molecule has 0 aromatic carbocycles. The summed E-state index contributed by atoms with van der Waals surface area (Å²) < 4.78 is 4.75. The topological polar surface area (TPSA) is 46.5 Å². The molecule has 0 aliphatic heterocycles. The third kappa shape index (κ3) is 4.68. The molecule has 0 saturated carbocycles. The molecule has 0 saturated heterocycles. The van der Waals surface area contributed by atoms with Crippen LogP contribution in [0.4, 0.5) is 0 Å². The van der Waals surface area contributed by atoms with Crippen molar-refractivity contribution in [3.63, 3.8) is 0 Å². The summed E-state index contributed by atoms with van der Waals surface area (Å²) in [5.41, 5.74) is -1.35. The van der Waals surface area contributed by atoms with E-state index in [1.54, 1.807) is 0 Å². The highest BCUT2D eigenvalue weighted by Gasteiger charge is 2.30. The van der Waals surface area contributed by atoms with Crippen molar-refractivity contribution >= 4 is 5.97 Å². The van der Waals surface area contributed by atoms with Gasteiger partial charge in [-0.05, 0) is 13.3 Å². The van der Waals surface area contributed by atoms with E-state index in [1.807, 2.05) is 6.92 Å². The highest BCUT2D eigenvalue weighted by atomic mass is 16.5. The second kappa shape index (κ2) is 5.75. The lowest BCUT2D eigenvalue weighted by atomic mass is 10.00. The predicted octanol–water partition coefficient (Wildman–Crippen LogP) is 1.66. The SMILES string of the molecule is C=CCOC(=O)C(C)(O)CCCC. The van der Waals surface area contributed by atoms with Gasteiger partial charge in [0.05, 0.1) is 0 Å². The summed E-state index contributed by atoms with van der Waals surface area (Å²) in [6.07, 6.45) is 3.69. The summed E-state index contributed by atoms with van der Waals surface area (Å²) in [4.78, 5) is 11.2. The quantitative estimate of drug-likeness (QED) is 0.507. The molecule has 1 N–H and O–H groups in total. The summed E-state index contributed by atoms with van der Waals surface area (Å²) in [7, 11) is 0. The Morgan fingerprint density at radius 3 is 2.77 bits per heavy atom. The van der Waals surface area contributed by atoms with Gasteiger partial charge in [-0.3, -0.25) is 0 Å². The molecule has 0 rings (SSSR count). The van der Waals surface area contributed by atoms with E-state index in [9.17, 15) is 9.90 Å². The van der Waals surface area contributed by atoms with Crippen LogP contribution in [0.2, 0.25) is 0 Å². The molecule has 1 atom stereocenters. The number of unbranched alkanes of at least 4 members (excludes halogenated alkanes) is 1. The van der Waals surface area contributed by atoms with Gasteiger partial charge in [0.15, 0.2) is 5.60 Å². The molecule has 0 radical (unpaired) electrons. The number of carbonyl (C=O) groups is 1. The molecule has 0 bridgehead atoms. The van der Waals surface area contributed by atoms with Crippen LogP contribution in [-0.4, -0.2) is 23.3 Å². The van der Waals surface area contributed by atoms with E-state index >= 15 is 0 Å².